The number of quaternary nitrogens is 1. The average molecular weight is 775 g/mol. The summed E-state index contributed by atoms with van der Waals surface area (Å²) in [5, 5.41) is 0. The molecule has 1 N–H and O–H groups in total. The van der Waals surface area contributed by atoms with Crippen LogP contribution in [0.3, 0.4) is 0 Å². The van der Waals surface area contributed by atoms with E-state index in [-0.39, 0.29) is 25.6 Å². The lowest BCUT2D eigenvalue weighted by Gasteiger charge is -2.24. The number of carbonyl (C=O) groups is 2. The number of ether oxygens (including phenoxy) is 2. The molecule has 0 aromatic heterocycles. The second kappa shape index (κ2) is 36.4. The first-order valence-electron chi connectivity index (χ1n) is 21.9. The fraction of sp³-hybridized carbons (Fsp3) is 0.907. The second-order valence-electron chi connectivity index (χ2n) is 16.1. The largest absolute Gasteiger partial charge is 0.472 e. The molecule has 0 aromatic rings. The summed E-state index contributed by atoms with van der Waals surface area (Å²) in [7, 11) is 1.48. The first kappa shape index (κ1) is 51.8. The van der Waals surface area contributed by atoms with E-state index < -0.39 is 26.5 Å². The van der Waals surface area contributed by atoms with E-state index >= 15 is 0 Å². The van der Waals surface area contributed by atoms with E-state index in [4.69, 9.17) is 18.5 Å². The summed E-state index contributed by atoms with van der Waals surface area (Å²) in [5.41, 5.74) is 0. The molecule has 0 spiro atoms. The van der Waals surface area contributed by atoms with Crippen LogP contribution in [0.25, 0.3) is 0 Å². The molecule has 0 radical (unpaired) electrons. The smallest absolute Gasteiger partial charge is 0.462 e. The molecule has 53 heavy (non-hydrogen) atoms. The van der Waals surface area contributed by atoms with Gasteiger partial charge in [-0.25, -0.2) is 4.57 Å². The highest BCUT2D eigenvalue weighted by Gasteiger charge is 2.27. The molecule has 0 heterocycles. The van der Waals surface area contributed by atoms with Gasteiger partial charge in [-0.15, -0.1) is 0 Å². The van der Waals surface area contributed by atoms with Crippen molar-refractivity contribution in [2.24, 2.45) is 0 Å². The SMILES string of the molecule is CCCCCC/C=C/CCCCCCCCCCCC(=O)OC[C@@H](COP(=O)(O)OCC[N+](C)(C)C)OC(=O)CCCCCCCCCCCCCC. The van der Waals surface area contributed by atoms with Crippen molar-refractivity contribution in [1.82, 2.24) is 0 Å². The van der Waals surface area contributed by atoms with Crippen molar-refractivity contribution in [2.75, 3.05) is 47.5 Å². The number of hydrogen-bond acceptors (Lipinski definition) is 7. The average Bonchev–Trinajstić information content (AvgIpc) is 3.10. The van der Waals surface area contributed by atoms with Crippen molar-refractivity contribution in [3.05, 3.63) is 12.2 Å². The number of rotatable bonds is 40. The van der Waals surface area contributed by atoms with E-state index in [0.29, 0.717) is 23.9 Å². The number of esters is 2. The van der Waals surface area contributed by atoms with Crippen LogP contribution in [0.15, 0.2) is 12.2 Å². The summed E-state index contributed by atoms with van der Waals surface area (Å²) < 4.78 is 34.3. The van der Waals surface area contributed by atoms with Crippen LogP contribution in [-0.2, 0) is 32.7 Å². The van der Waals surface area contributed by atoms with Crippen molar-refractivity contribution in [3.63, 3.8) is 0 Å². The Labute approximate surface area is 326 Å². The van der Waals surface area contributed by atoms with Gasteiger partial charge < -0.3 is 18.9 Å². The van der Waals surface area contributed by atoms with E-state index in [1.54, 1.807) is 0 Å². The van der Waals surface area contributed by atoms with Gasteiger partial charge in [-0.2, -0.15) is 0 Å². The monoisotopic (exact) mass is 775 g/mol. The summed E-state index contributed by atoms with van der Waals surface area (Å²) in [6.45, 7) is 4.42. The molecule has 0 saturated heterocycles. The van der Waals surface area contributed by atoms with E-state index in [0.717, 1.165) is 32.1 Å². The van der Waals surface area contributed by atoms with E-state index in [1.165, 1.54) is 135 Å². The van der Waals surface area contributed by atoms with Crippen molar-refractivity contribution in [2.45, 2.75) is 206 Å². The quantitative estimate of drug-likeness (QED) is 0.0215. The highest BCUT2D eigenvalue weighted by atomic mass is 31.2. The Balaban J connectivity index is 4.31. The Bertz CT molecular complexity index is 922. The summed E-state index contributed by atoms with van der Waals surface area (Å²) in [6.07, 6.45) is 36.8. The zero-order chi connectivity index (χ0) is 39.3. The maximum absolute atomic E-state index is 12.6. The topological polar surface area (TPSA) is 108 Å². The Hall–Kier alpha value is -1.25. The van der Waals surface area contributed by atoms with Gasteiger partial charge in [-0.3, -0.25) is 18.6 Å². The molecule has 0 amide bonds. The molecular weight excluding hydrogens is 689 g/mol. The number of carbonyl (C=O) groups excluding carboxylic acids is 2. The number of unbranched alkanes of at least 4 members (excludes halogenated alkanes) is 24. The van der Waals surface area contributed by atoms with E-state index in [2.05, 4.69) is 26.0 Å². The molecule has 0 rings (SSSR count). The first-order valence-corrected chi connectivity index (χ1v) is 23.4. The molecule has 0 aliphatic rings. The Morgan fingerprint density at radius 1 is 0.566 bits per heavy atom. The van der Waals surface area contributed by atoms with Gasteiger partial charge in [-0.1, -0.05) is 161 Å². The van der Waals surface area contributed by atoms with Gasteiger partial charge in [0.2, 0.25) is 0 Å². The maximum atomic E-state index is 12.6. The molecule has 9 nitrogen and oxygen atoms in total. The normalized spacial score (nSPS) is 13.7. The van der Waals surface area contributed by atoms with Crippen molar-refractivity contribution >= 4 is 19.8 Å². The third-order valence-electron chi connectivity index (χ3n) is 9.55. The van der Waals surface area contributed by atoms with Gasteiger partial charge in [0, 0.05) is 12.8 Å². The standard InChI is InChI=1S/C43H84NO8P/c1-6-8-10-12-14-16-18-20-21-22-23-24-26-27-29-31-33-35-42(45)49-39-41(40-51-53(47,48)50-38-37-44(3,4)5)52-43(46)36-34-32-30-28-25-19-17-15-13-11-9-7-2/h16,18,41H,6-15,17,19-40H2,1-5H3/p+1/b18-16+/t41-/m0/s1. The highest BCUT2D eigenvalue weighted by Crippen LogP contribution is 2.43. The number of phosphoric acid groups is 1. The number of allylic oxidation sites excluding steroid dienone is 2. The zero-order valence-electron chi connectivity index (χ0n) is 35.3. The van der Waals surface area contributed by atoms with Gasteiger partial charge in [0.1, 0.15) is 19.8 Å². The van der Waals surface area contributed by atoms with E-state index in [9.17, 15) is 19.0 Å². The molecule has 0 fully saturated rings. The fourth-order valence-electron chi connectivity index (χ4n) is 6.07. The number of likely N-dealkylation sites (N-methyl/N-ethyl adjacent to an activating group) is 1. The van der Waals surface area contributed by atoms with Gasteiger partial charge in [0.05, 0.1) is 27.7 Å². The molecule has 0 aromatic carbocycles. The molecular formula is C43H85NO8P+. The van der Waals surface area contributed by atoms with Crippen molar-refractivity contribution in [1.29, 1.82) is 0 Å². The highest BCUT2D eigenvalue weighted by molar-refractivity contribution is 7.47. The Morgan fingerprint density at radius 3 is 1.42 bits per heavy atom. The minimum Gasteiger partial charge on any atom is -0.462 e. The van der Waals surface area contributed by atoms with Crippen LogP contribution in [0.4, 0.5) is 0 Å². The van der Waals surface area contributed by atoms with Crippen LogP contribution in [0.5, 0.6) is 0 Å². The summed E-state index contributed by atoms with van der Waals surface area (Å²) in [5.74, 6) is -0.793. The molecule has 0 aliphatic carbocycles. The zero-order valence-corrected chi connectivity index (χ0v) is 36.2. The Kier molecular flexibility index (Phi) is 35.5. The lowest BCUT2D eigenvalue weighted by Crippen LogP contribution is -2.37. The first-order chi connectivity index (χ1) is 25.5. The van der Waals surface area contributed by atoms with Crippen LogP contribution in [0, 0.1) is 0 Å². The van der Waals surface area contributed by atoms with Gasteiger partial charge in [-0.05, 0) is 38.5 Å². The second-order valence-corrected chi connectivity index (χ2v) is 17.5. The maximum Gasteiger partial charge on any atom is 0.472 e. The summed E-state index contributed by atoms with van der Waals surface area (Å²) in [4.78, 5) is 35.3. The van der Waals surface area contributed by atoms with Crippen molar-refractivity contribution in [3.8, 4) is 0 Å². The van der Waals surface area contributed by atoms with Crippen LogP contribution < -0.4 is 0 Å². The van der Waals surface area contributed by atoms with Gasteiger partial charge in [0.15, 0.2) is 6.10 Å². The predicted octanol–water partition coefficient (Wildman–Crippen LogP) is 12.2. The fourth-order valence-corrected chi connectivity index (χ4v) is 6.81. The van der Waals surface area contributed by atoms with Crippen LogP contribution in [0.1, 0.15) is 200 Å². The van der Waals surface area contributed by atoms with Gasteiger partial charge >= 0.3 is 19.8 Å². The van der Waals surface area contributed by atoms with Crippen LogP contribution >= 0.6 is 7.82 Å². The van der Waals surface area contributed by atoms with Crippen molar-refractivity contribution < 1.29 is 42.1 Å². The summed E-state index contributed by atoms with van der Waals surface area (Å²) in [6, 6.07) is 0. The predicted molar refractivity (Wildman–Crippen MR) is 220 cm³/mol. The van der Waals surface area contributed by atoms with E-state index in [1.807, 2.05) is 21.1 Å². The number of nitrogens with zero attached hydrogens (tertiary/aromatic N) is 1. The van der Waals surface area contributed by atoms with Crippen LogP contribution in [0.2, 0.25) is 0 Å². The molecule has 0 aliphatic heterocycles. The molecule has 1 unspecified atom stereocenters. The number of hydrogen-bond donors (Lipinski definition) is 1. The summed E-state index contributed by atoms with van der Waals surface area (Å²) >= 11 is 0. The lowest BCUT2D eigenvalue weighted by molar-refractivity contribution is -0.870. The van der Waals surface area contributed by atoms with Gasteiger partial charge in [0.25, 0.3) is 0 Å². The lowest BCUT2D eigenvalue weighted by atomic mass is 10.0. The third kappa shape index (κ3) is 40.2. The van der Waals surface area contributed by atoms with Crippen LogP contribution in [-0.4, -0.2) is 74.9 Å². The molecule has 314 valence electrons. The molecule has 10 heteroatoms. The Morgan fingerprint density at radius 2 is 0.962 bits per heavy atom. The molecule has 0 saturated carbocycles. The minimum absolute atomic E-state index is 0.0346. The third-order valence-corrected chi connectivity index (χ3v) is 10.5. The minimum atomic E-state index is -4.37. The molecule has 2 atom stereocenters. The molecule has 0 bridgehead atoms. The number of phosphoric ester groups is 1.